The molecule has 0 bridgehead atoms. The SMILES string of the molecule is CCN(Cc1ccccc1)C(=O)[C@H]1CCCc2c1c1c(OC)cccc1n2CCOS(C)(=O)=O. The number of fused-ring (bicyclic) bond motifs is 3. The van der Waals surface area contributed by atoms with Crippen LogP contribution in [-0.2, 0) is 38.6 Å². The summed E-state index contributed by atoms with van der Waals surface area (Å²) in [5.41, 5.74) is 4.12. The standard InChI is InChI=1S/C26H32N2O5S/c1-4-27(18-19-10-6-5-7-11-19)26(29)20-12-8-13-21-24(20)25-22(14-9-15-23(25)32-2)28(21)16-17-33-34(3,30)31/h5-7,9-11,14-15,20H,4,8,12-13,16-18H2,1-3H3/t20-/m0/s1. The molecule has 0 aliphatic heterocycles. The average molecular weight is 485 g/mol. The van der Waals surface area contributed by atoms with E-state index < -0.39 is 10.1 Å². The third-order valence-electron chi connectivity index (χ3n) is 6.50. The Balaban J connectivity index is 1.75. The largest absolute Gasteiger partial charge is 0.496 e. The molecule has 2 aromatic carbocycles. The number of benzene rings is 2. The van der Waals surface area contributed by atoms with Gasteiger partial charge in [0, 0.05) is 30.7 Å². The van der Waals surface area contributed by atoms with Crippen molar-refractivity contribution in [1.82, 2.24) is 9.47 Å². The Hall–Kier alpha value is -2.84. The van der Waals surface area contributed by atoms with Crippen LogP contribution in [0.2, 0.25) is 0 Å². The number of methoxy groups -OCH3 is 1. The number of ether oxygens (including phenoxy) is 1. The van der Waals surface area contributed by atoms with Crippen molar-refractivity contribution in [3.05, 3.63) is 65.4 Å². The molecule has 4 rings (SSSR count). The summed E-state index contributed by atoms with van der Waals surface area (Å²) in [6.45, 7) is 3.63. The molecule has 3 aromatic rings. The van der Waals surface area contributed by atoms with Gasteiger partial charge in [-0.2, -0.15) is 8.42 Å². The first-order chi connectivity index (χ1) is 16.3. The van der Waals surface area contributed by atoms with Crippen LogP contribution in [-0.4, -0.2) is 50.3 Å². The topological polar surface area (TPSA) is 77.8 Å². The molecule has 0 unspecified atom stereocenters. The van der Waals surface area contributed by atoms with E-state index in [1.54, 1.807) is 7.11 Å². The highest BCUT2D eigenvalue weighted by molar-refractivity contribution is 7.85. The van der Waals surface area contributed by atoms with Gasteiger partial charge >= 0.3 is 0 Å². The second kappa shape index (κ2) is 10.2. The van der Waals surface area contributed by atoms with Crippen molar-refractivity contribution < 1.29 is 22.1 Å². The van der Waals surface area contributed by atoms with E-state index in [0.717, 1.165) is 59.0 Å². The molecule has 1 amide bonds. The first-order valence-electron chi connectivity index (χ1n) is 11.7. The molecule has 0 fully saturated rings. The molecule has 1 aromatic heterocycles. The van der Waals surface area contributed by atoms with Gasteiger partial charge in [0.25, 0.3) is 10.1 Å². The number of aromatic nitrogens is 1. The summed E-state index contributed by atoms with van der Waals surface area (Å²) < 4.78 is 35.9. The lowest BCUT2D eigenvalue weighted by Crippen LogP contribution is -2.36. The highest BCUT2D eigenvalue weighted by Gasteiger charge is 2.35. The molecule has 0 spiro atoms. The molecule has 1 aliphatic rings. The first-order valence-corrected chi connectivity index (χ1v) is 13.5. The number of rotatable bonds is 9. The lowest BCUT2D eigenvalue weighted by atomic mass is 9.83. The minimum atomic E-state index is -3.53. The van der Waals surface area contributed by atoms with Gasteiger partial charge in [0.1, 0.15) is 5.75 Å². The number of hydrogen-bond acceptors (Lipinski definition) is 5. The Bertz CT molecular complexity index is 1270. The molecule has 1 heterocycles. The quantitative estimate of drug-likeness (QED) is 0.428. The van der Waals surface area contributed by atoms with Gasteiger partial charge in [0.15, 0.2) is 0 Å². The molecule has 8 heteroatoms. The maximum atomic E-state index is 13.9. The van der Waals surface area contributed by atoms with Crippen LogP contribution in [0.5, 0.6) is 5.75 Å². The van der Waals surface area contributed by atoms with Crippen LogP contribution in [0.4, 0.5) is 0 Å². The minimum Gasteiger partial charge on any atom is -0.496 e. The zero-order chi connectivity index (χ0) is 24.3. The summed E-state index contributed by atoms with van der Waals surface area (Å²) in [5.74, 6) is 0.565. The molecule has 0 saturated carbocycles. The molecule has 182 valence electrons. The molecular weight excluding hydrogens is 452 g/mol. The van der Waals surface area contributed by atoms with Crippen molar-refractivity contribution in [3.8, 4) is 5.75 Å². The van der Waals surface area contributed by atoms with Crippen LogP contribution in [0.25, 0.3) is 10.9 Å². The maximum absolute atomic E-state index is 13.9. The van der Waals surface area contributed by atoms with Crippen LogP contribution in [0.3, 0.4) is 0 Å². The Morgan fingerprint density at radius 3 is 2.59 bits per heavy atom. The maximum Gasteiger partial charge on any atom is 0.264 e. The molecule has 0 saturated heterocycles. The van der Waals surface area contributed by atoms with Crippen molar-refractivity contribution in [2.75, 3.05) is 26.5 Å². The molecule has 7 nitrogen and oxygen atoms in total. The van der Waals surface area contributed by atoms with Crippen molar-refractivity contribution in [3.63, 3.8) is 0 Å². The van der Waals surface area contributed by atoms with Crippen LogP contribution in [0.15, 0.2) is 48.5 Å². The van der Waals surface area contributed by atoms with Gasteiger partial charge in [0.05, 0.1) is 31.4 Å². The Kier molecular flexibility index (Phi) is 7.28. The number of carbonyl (C=O) groups is 1. The number of likely N-dealkylation sites (N-methyl/N-ethyl adjacent to an activating group) is 1. The van der Waals surface area contributed by atoms with Crippen molar-refractivity contribution in [2.45, 2.75) is 45.2 Å². The molecular formula is C26H32N2O5S. The van der Waals surface area contributed by atoms with Crippen LogP contribution >= 0.6 is 0 Å². The molecule has 0 N–H and O–H groups in total. The third-order valence-corrected chi connectivity index (χ3v) is 7.09. The fourth-order valence-corrected chi connectivity index (χ4v) is 5.41. The summed E-state index contributed by atoms with van der Waals surface area (Å²) in [4.78, 5) is 15.8. The van der Waals surface area contributed by atoms with E-state index in [-0.39, 0.29) is 18.4 Å². The highest BCUT2D eigenvalue weighted by Crippen LogP contribution is 2.43. The summed E-state index contributed by atoms with van der Waals surface area (Å²) >= 11 is 0. The lowest BCUT2D eigenvalue weighted by Gasteiger charge is -2.30. The normalized spacial score (nSPS) is 15.8. The zero-order valence-electron chi connectivity index (χ0n) is 20.0. The van der Waals surface area contributed by atoms with Gasteiger partial charge in [-0.05, 0) is 49.4 Å². The molecule has 0 radical (unpaired) electrons. The monoisotopic (exact) mass is 484 g/mol. The summed E-state index contributed by atoms with van der Waals surface area (Å²) in [5, 5.41) is 0.938. The fraction of sp³-hybridized carbons (Fsp3) is 0.423. The van der Waals surface area contributed by atoms with Gasteiger partial charge in [-0.3, -0.25) is 8.98 Å². The summed E-state index contributed by atoms with van der Waals surface area (Å²) in [7, 11) is -1.89. The minimum absolute atomic E-state index is 0.0416. The predicted molar refractivity (Wildman–Crippen MR) is 132 cm³/mol. The van der Waals surface area contributed by atoms with E-state index in [1.165, 1.54) is 0 Å². The van der Waals surface area contributed by atoms with Crippen LogP contribution in [0.1, 0.15) is 42.5 Å². The fourth-order valence-electron chi connectivity index (χ4n) is 5.04. The average Bonchev–Trinajstić information content (AvgIpc) is 3.16. The van der Waals surface area contributed by atoms with E-state index >= 15 is 0 Å². The molecule has 1 aliphatic carbocycles. The van der Waals surface area contributed by atoms with Crippen molar-refractivity contribution in [2.24, 2.45) is 0 Å². The highest BCUT2D eigenvalue weighted by atomic mass is 32.2. The van der Waals surface area contributed by atoms with Gasteiger partial charge in [-0.15, -0.1) is 0 Å². The predicted octanol–water partition coefficient (Wildman–Crippen LogP) is 4.09. The lowest BCUT2D eigenvalue weighted by molar-refractivity contribution is -0.133. The summed E-state index contributed by atoms with van der Waals surface area (Å²) in [6, 6.07) is 15.9. The van der Waals surface area contributed by atoms with E-state index in [0.29, 0.717) is 19.6 Å². The summed E-state index contributed by atoms with van der Waals surface area (Å²) in [6.07, 6.45) is 3.53. The third kappa shape index (κ3) is 4.98. The Labute approximate surface area is 201 Å². The zero-order valence-corrected chi connectivity index (χ0v) is 20.8. The Morgan fingerprint density at radius 1 is 1.15 bits per heavy atom. The Morgan fingerprint density at radius 2 is 1.91 bits per heavy atom. The number of carbonyl (C=O) groups excluding carboxylic acids is 1. The van der Waals surface area contributed by atoms with E-state index in [9.17, 15) is 13.2 Å². The molecule has 1 atom stereocenters. The van der Waals surface area contributed by atoms with E-state index in [4.69, 9.17) is 8.92 Å². The van der Waals surface area contributed by atoms with Crippen molar-refractivity contribution in [1.29, 1.82) is 0 Å². The molecule has 34 heavy (non-hydrogen) atoms. The van der Waals surface area contributed by atoms with Gasteiger partial charge < -0.3 is 14.2 Å². The number of amides is 1. The first kappa shape index (κ1) is 24.3. The number of hydrogen-bond donors (Lipinski definition) is 0. The number of nitrogens with zero attached hydrogens (tertiary/aromatic N) is 2. The van der Waals surface area contributed by atoms with E-state index in [1.807, 2.05) is 60.4 Å². The van der Waals surface area contributed by atoms with Gasteiger partial charge in [-0.1, -0.05) is 36.4 Å². The van der Waals surface area contributed by atoms with Crippen LogP contribution < -0.4 is 4.74 Å². The second-order valence-electron chi connectivity index (χ2n) is 8.68. The van der Waals surface area contributed by atoms with Gasteiger partial charge in [-0.25, -0.2) is 0 Å². The second-order valence-corrected chi connectivity index (χ2v) is 10.3. The smallest absolute Gasteiger partial charge is 0.264 e. The van der Waals surface area contributed by atoms with Gasteiger partial charge in [0.2, 0.25) is 5.91 Å². The van der Waals surface area contributed by atoms with Crippen molar-refractivity contribution >= 4 is 26.9 Å². The van der Waals surface area contributed by atoms with Crippen LogP contribution in [0, 0.1) is 0 Å². The van der Waals surface area contributed by atoms with E-state index in [2.05, 4.69) is 4.57 Å².